The van der Waals surface area contributed by atoms with Crippen molar-refractivity contribution in [1.29, 1.82) is 0 Å². The number of nitrogens with zero attached hydrogens (tertiary/aromatic N) is 1. The maximum Gasteiger partial charge on any atom is 0.122 e. The Morgan fingerprint density at radius 3 is 2.59 bits per heavy atom. The van der Waals surface area contributed by atoms with E-state index in [0.29, 0.717) is 11.8 Å². The molecule has 0 radical (unpaired) electrons. The van der Waals surface area contributed by atoms with Crippen molar-refractivity contribution in [1.82, 2.24) is 4.90 Å². The molecule has 0 N–H and O–H groups in total. The van der Waals surface area contributed by atoms with Gasteiger partial charge in [0.25, 0.3) is 0 Å². The van der Waals surface area contributed by atoms with Crippen molar-refractivity contribution in [3.05, 3.63) is 29.3 Å². The molecule has 0 bridgehead atoms. The molecule has 0 amide bonds. The fraction of sp³-hybridized carbons (Fsp3) is 0.571. The maximum atomic E-state index is 5.73. The molecule has 0 atom stereocenters. The predicted octanol–water partition coefficient (Wildman–Crippen LogP) is 3.49. The van der Waals surface area contributed by atoms with E-state index in [1.54, 1.807) is 7.11 Å². The molecule has 0 heterocycles. The summed E-state index contributed by atoms with van der Waals surface area (Å²) in [5, 5.41) is 0. The normalized spacial score (nSPS) is 11.2. The number of halogens is 1. The number of alkyl halides is 1. The van der Waals surface area contributed by atoms with Crippen molar-refractivity contribution >= 4 is 11.6 Å². The Balaban J connectivity index is 2.84. The topological polar surface area (TPSA) is 12.5 Å². The fourth-order valence-electron chi connectivity index (χ4n) is 1.87. The van der Waals surface area contributed by atoms with Crippen LogP contribution in [-0.2, 0) is 6.54 Å². The van der Waals surface area contributed by atoms with E-state index in [1.807, 2.05) is 0 Å². The Kier molecular flexibility index (Phi) is 5.79. The van der Waals surface area contributed by atoms with Crippen LogP contribution in [0.15, 0.2) is 18.2 Å². The summed E-state index contributed by atoms with van der Waals surface area (Å²) in [5.74, 6) is 2.12. The molecule has 1 aromatic rings. The Morgan fingerprint density at radius 2 is 2.06 bits per heavy atom. The van der Waals surface area contributed by atoms with Gasteiger partial charge in [-0.1, -0.05) is 26.0 Å². The third-order valence-electron chi connectivity index (χ3n) is 2.83. The first-order valence-corrected chi connectivity index (χ1v) is 6.53. The van der Waals surface area contributed by atoms with Crippen LogP contribution in [0.3, 0.4) is 0 Å². The van der Waals surface area contributed by atoms with E-state index >= 15 is 0 Å². The SMILES string of the molecule is COc1ccc(CN(C)CCCl)cc1C(C)C. The first-order valence-electron chi connectivity index (χ1n) is 5.99. The van der Waals surface area contributed by atoms with E-state index < -0.39 is 0 Å². The molecule has 0 fully saturated rings. The highest BCUT2D eigenvalue weighted by Crippen LogP contribution is 2.27. The average Bonchev–Trinajstić information content (AvgIpc) is 2.29. The monoisotopic (exact) mass is 255 g/mol. The highest BCUT2D eigenvalue weighted by molar-refractivity contribution is 6.18. The zero-order valence-corrected chi connectivity index (χ0v) is 11.9. The second-order valence-electron chi connectivity index (χ2n) is 4.66. The summed E-state index contributed by atoms with van der Waals surface area (Å²) in [6.45, 7) is 6.20. The third-order valence-corrected chi connectivity index (χ3v) is 3.00. The number of rotatable bonds is 6. The Labute approximate surface area is 110 Å². The molecule has 0 aliphatic heterocycles. The van der Waals surface area contributed by atoms with E-state index in [1.165, 1.54) is 11.1 Å². The summed E-state index contributed by atoms with van der Waals surface area (Å²) in [5.41, 5.74) is 2.58. The Morgan fingerprint density at radius 1 is 1.35 bits per heavy atom. The number of hydrogen-bond donors (Lipinski definition) is 0. The minimum Gasteiger partial charge on any atom is -0.496 e. The second kappa shape index (κ2) is 6.87. The number of methoxy groups -OCH3 is 1. The van der Waals surface area contributed by atoms with Crippen molar-refractivity contribution < 1.29 is 4.74 Å². The van der Waals surface area contributed by atoms with Gasteiger partial charge in [-0.25, -0.2) is 0 Å². The van der Waals surface area contributed by atoms with Crippen molar-refractivity contribution in [3.63, 3.8) is 0 Å². The van der Waals surface area contributed by atoms with Gasteiger partial charge < -0.3 is 9.64 Å². The first-order chi connectivity index (χ1) is 8.08. The van der Waals surface area contributed by atoms with Crippen molar-refractivity contribution in [2.45, 2.75) is 26.3 Å². The van der Waals surface area contributed by atoms with Gasteiger partial charge in [-0.05, 0) is 30.2 Å². The summed E-state index contributed by atoms with van der Waals surface area (Å²) in [4.78, 5) is 2.22. The molecule has 1 rings (SSSR count). The molecule has 0 aliphatic rings. The second-order valence-corrected chi connectivity index (χ2v) is 5.04. The van der Waals surface area contributed by atoms with Crippen LogP contribution in [-0.4, -0.2) is 31.5 Å². The summed E-state index contributed by atoms with van der Waals surface area (Å²) >= 11 is 5.73. The molecule has 0 unspecified atom stereocenters. The minimum absolute atomic E-state index is 0.475. The van der Waals surface area contributed by atoms with E-state index in [9.17, 15) is 0 Å². The van der Waals surface area contributed by atoms with Gasteiger partial charge in [0.15, 0.2) is 0 Å². The van der Waals surface area contributed by atoms with Gasteiger partial charge >= 0.3 is 0 Å². The van der Waals surface area contributed by atoms with E-state index in [-0.39, 0.29) is 0 Å². The van der Waals surface area contributed by atoms with Crippen molar-refractivity contribution in [3.8, 4) is 5.75 Å². The molecule has 0 aromatic heterocycles. The number of benzene rings is 1. The lowest BCUT2D eigenvalue weighted by molar-refractivity contribution is 0.347. The van der Waals surface area contributed by atoms with Crippen LogP contribution in [0.25, 0.3) is 0 Å². The van der Waals surface area contributed by atoms with E-state index in [4.69, 9.17) is 16.3 Å². The van der Waals surface area contributed by atoms with E-state index in [2.05, 4.69) is 44.0 Å². The standard InChI is InChI=1S/C14H22ClNO/c1-11(2)13-9-12(5-6-14(13)17-4)10-16(3)8-7-15/h5-6,9,11H,7-8,10H2,1-4H3. The largest absolute Gasteiger partial charge is 0.496 e. The molecule has 96 valence electrons. The minimum atomic E-state index is 0.475. The van der Waals surface area contributed by atoms with E-state index in [0.717, 1.165) is 18.8 Å². The number of hydrogen-bond acceptors (Lipinski definition) is 2. The zero-order chi connectivity index (χ0) is 12.8. The molecule has 0 saturated carbocycles. The Hall–Kier alpha value is -0.730. The highest BCUT2D eigenvalue weighted by atomic mass is 35.5. The van der Waals surface area contributed by atoms with Crippen LogP contribution in [0.4, 0.5) is 0 Å². The molecule has 3 heteroatoms. The van der Waals surface area contributed by atoms with Gasteiger partial charge in [0.1, 0.15) is 5.75 Å². The summed E-state index contributed by atoms with van der Waals surface area (Å²) in [6.07, 6.45) is 0. The van der Waals surface area contributed by atoms with Crippen molar-refractivity contribution in [2.24, 2.45) is 0 Å². The zero-order valence-electron chi connectivity index (χ0n) is 11.2. The lowest BCUT2D eigenvalue weighted by atomic mass is 9.99. The molecular formula is C14H22ClNO. The first kappa shape index (κ1) is 14.3. The predicted molar refractivity (Wildman–Crippen MR) is 74.1 cm³/mol. The summed E-state index contributed by atoms with van der Waals surface area (Å²) < 4.78 is 5.38. The van der Waals surface area contributed by atoms with Crippen LogP contribution < -0.4 is 4.74 Å². The van der Waals surface area contributed by atoms with Crippen LogP contribution in [0.1, 0.15) is 30.9 Å². The van der Waals surface area contributed by atoms with Gasteiger partial charge in [0.05, 0.1) is 7.11 Å². The molecule has 2 nitrogen and oxygen atoms in total. The van der Waals surface area contributed by atoms with Crippen LogP contribution in [0.2, 0.25) is 0 Å². The van der Waals surface area contributed by atoms with Gasteiger partial charge in [0.2, 0.25) is 0 Å². The smallest absolute Gasteiger partial charge is 0.122 e. The lowest BCUT2D eigenvalue weighted by Crippen LogP contribution is -2.20. The van der Waals surface area contributed by atoms with Crippen molar-refractivity contribution in [2.75, 3.05) is 26.6 Å². The fourth-order valence-corrected chi connectivity index (χ4v) is 2.16. The van der Waals surface area contributed by atoms with Gasteiger partial charge in [0, 0.05) is 19.0 Å². The quantitative estimate of drug-likeness (QED) is 0.722. The summed E-state index contributed by atoms with van der Waals surface area (Å²) in [7, 11) is 3.81. The third kappa shape index (κ3) is 4.21. The average molecular weight is 256 g/mol. The summed E-state index contributed by atoms with van der Waals surface area (Å²) in [6, 6.07) is 6.41. The molecule has 0 saturated heterocycles. The van der Waals surface area contributed by atoms with Gasteiger partial charge in [-0.15, -0.1) is 11.6 Å². The highest BCUT2D eigenvalue weighted by Gasteiger charge is 2.09. The molecule has 17 heavy (non-hydrogen) atoms. The van der Waals surface area contributed by atoms with Gasteiger partial charge in [-0.3, -0.25) is 0 Å². The lowest BCUT2D eigenvalue weighted by Gasteiger charge is -2.18. The Bertz CT molecular complexity index is 352. The van der Waals surface area contributed by atoms with Crippen LogP contribution in [0.5, 0.6) is 5.75 Å². The molecule has 1 aromatic carbocycles. The molecular weight excluding hydrogens is 234 g/mol. The maximum absolute atomic E-state index is 5.73. The van der Waals surface area contributed by atoms with Gasteiger partial charge in [-0.2, -0.15) is 0 Å². The molecule has 0 spiro atoms. The van der Waals surface area contributed by atoms with Crippen LogP contribution >= 0.6 is 11.6 Å². The number of ether oxygens (including phenoxy) is 1. The molecule has 0 aliphatic carbocycles. The van der Waals surface area contributed by atoms with Crippen LogP contribution in [0, 0.1) is 0 Å².